The van der Waals surface area contributed by atoms with E-state index in [0.717, 1.165) is 50.0 Å². The Hall–Kier alpha value is -2.43. The smallest absolute Gasteiger partial charge is 0.337 e. The van der Waals surface area contributed by atoms with Crippen molar-refractivity contribution < 1.29 is 30.9 Å². The van der Waals surface area contributed by atoms with Crippen molar-refractivity contribution in [1.82, 2.24) is 9.80 Å². The fraction of sp³-hybridized carbons (Fsp3) is 0.500. The average molecular weight is 527 g/mol. The number of hydrogen-bond acceptors (Lipinski definition) is 4. The number of aryl methyl sites for hydroxylation is 1. The summed E-state index contributed by atoms with van der Waals surface area (Å²) >= 11 is 0. The van der Waals surface area contributed by atoms with Crippen molar-refractivity contribution in [1.29, 1.82) is 0 Å². The molecule has 1 N–H and O–H groups in total. The number of amides is 1. The third-order valence-electron chi connectivity index (χ3n) is 6.90. The number of rotatable bonds is 4. The number of benzene rings is 2. The molecule has 1 aliphatic carbocycles. The van der Waals surface area contributed by atoms with Gasteiger partial charge in [-0.25, -0.2) is 0 Å². The first-order valence-electron chi connectivity index (χ1n) is 12.1. The number of nitrogens with zero attached hydrogens (tertiary/aromatic N) is 2. The zero-order valence-corrected chi connectivity index (χ0v) is 21.4. The van der Waals surface area contributed by atoms with Crippen molar-refractivity contribution in [3.63, 3.8) is 0 Å². The van der Waals surface area contributed by atoms with Crippen LogP contribution < -0.4 is 0 Å². The Morgan fingerprint density at radius 2 is 1.50 bits per heavy atom. The SMILES string of the molecule is CN(C(=O)c1ccc(C(F)(F)F)cc1)[C@@H]1CCCC[C@H]1N1CCCC1.Cc1ccc(S(=O)(=O)O)cc1. The molecular weight excluding hydrogens is 493 g/mol. The summed E-state index contributed by atoms with van der Waals surface area (Å²) in [6.07, 6.45) is 2.37. The summed E-state index contributed by atoms with van der Waals surface area (Å²) in [5.41, 5.74) is 0.554. The van der Waals surface area contributed by atoms with Crippen LogP contribution in [0.5, 0.6) is 0 Å². The standard InChI is InChI=1S/C19H25F3N2O.C7H8O3S/c1-23(16-6-2-3-7-17(16)24-12-4-5-13-24)18(25)14-8-10-15(11-9-14)19(20,21)22;1-6-2-4-7(5-3-6)11(8,9)10/h8-11,16-17H,2-7,12-13H2,1H3;2-5H,1H3,(H,8,9,10)/t16-,17-;/m1./s1. The molecule has 1 heterocycles. The highest BCUT2D eigenvalue weighted by molar-refractivity contribution is 7.85. The Morgan fingerprint density at radius 3 is 2.03 bits per heavy atom. The number of halogens is 3. The highest BCUT2D eigenvalue weighted by atomic mass is 32.2. The largest absolute Gasteiger partial charge is 0.416 e. The molecule has 1 saturated carbocycles. The Bertz CT molecular complexity index is 1110. The molecule has 1 amide bonds. The molecule has 6 nitrogen and oxygen atoms in total. The molecule has 2 aromatic carbocycles. The zero-order chi connectivity index (χ0) is 26.5. The van der Waals surface area contributed by atoms with E-state index in [2.05, 4.69) is 4.90 Å². The van der Waals surface area contributed by atoms with Crippen molar-refractivity contribution in [2.75, 3.05) is 20.1 Å². The molecule has 2 fully saturated rings. The van der Waals surface area contributed by atoms with Crippen molar-refractivity contribution >= 4 is 16.0 Å². The van der Waals surface area contributed by atoms with E-state index in [1.807, 2.05) is 6.92 Å². The summed E-state index contributed by atoms with van der Waals surface area (Å²) in [7, 11) is -2.23. The lowest BCUT2D eigenvalue weighted by molar-refractivity contribution is -0.137. The van der Waals surface area contributed by atoms with Crippen molar-refractivity contribution in [3.8, 4) is 0 Å². The molecule has 2 aromatic rings. The number of hydrogen-bond donors (Lipinski definition) is 1. The lowest BCUT2D eigenvalue weighted by Gasteiger charge is -2.42. The molecule has 0 radical (unpaired) electrons. The molecule has 2 aliphatic rings. The van der Waals surface area contributed by atoms with Gasteiger partial charge in [-0.05, 0) is 82.1 Å². The summed E-state index contributed by atoms with van der Waals surface area (Å²) in [6.45, 7) is 4.01. The molecule has 36 heavy (non-hydrogen) atoms. The molecule has 0 aromatic heterocycles. The normalized spacial score (nSPS) is 20.9. The monoisotopic (exact) mass is 526 g/mol. The average Bonchev–Trinajstić information content (AvgIpc) is 3.38. The van der Waals surface area contributed by atoms with Gasteiger partial charge in [-0.3, -0.25) is 14.2 Å². The number of alkyl halides is 3. The minimum absolute atomic E-state index is 0.0666. The minimum Gasteiger partial charge on any atom is -0.337 e. The van der Waals surface area contributed by atoms with Crippen molar-refractivity contribution in [2.24, 2.45) is 0 Å². The highest BCUT2D eigenvalue weighted by Gasteiger charge is 2.36. The molecule has 1 saturated heterocycles. The maximum atomic E-state index is 12.8. The molecule has 10 heteroatoms. The number of carbonyl (C=O) groups is 1. The molecule has 4 rings (SSSR count). The van der Waals surface area contributed by atoms with Gasteiger partial charge in [-0.1, -0.05) is 30.5 Å². The Balaban J connectivity index is 0.000000275. The summed E-state index contributed by atoms with van der Waals surface area (Å²) in [5.74, 6) is -0.190. The maximum Gasteiger partial charge on any atom is 0.416 e. The summed E-state index contributed by atoms with van der Waals surface area (Å²) in [4.78, 5) is 17.0. The van der Waals surface area contributed by atoms with Gasteiger partial charge in [0.05, 0.1) is 10.5 Å². The van der Waals surface area contributed by atoms with Gasteiger partial charge in [0.2, 0.25) is 0 Å². The zero-order valence-electron chi connectivity index (χ0n) is 20.5. The molecule has 198 valence electrons. The molecular formula is C26H33F3N2O4S. The van der Waals surface area contributed by atoms with Gasteiger partial charge in [0.1, 0.15) is 0 Å². The van der Waals surface area contributed by atoms with Crippen molar-refractivity contribution in [3.05, 3.63) is 65.2 Å². The van der Waals surface area contributed by atoms with Crippen LogP contribution in [-0.4, -0.2) is 60.9 Å². The maximum absolute atomic E-state index is 12.8. The Morgan fingerprint density at radius 1 is 0.944 bits per heavy atom. The van der Waals surface area contributed by atoms with Crippen LogP contribution in [0.2, 0.25) is 0 Å². The third kappa shape index (κ3) is 7.30. The molecule has 0 unspecified atom stereocenters. The fourth-order valence-electron chi connectivity index (χ4n) is 4.91. The second-order valence-electron chi connectivity index (χ2n) is 9.44. The van der Waals surface area contributed by atoms with Gasteiger partial charge in [0.25, 0.3) is 16.0 Å². The Kier molecular flexibility index (Phi) is 9.18. The molecule has 0 bridgehead atoms. The Labute approximate surface area is 210 Å². The van der Waals surface area contributed by atoms with E-state index in [9.17, 15) is 26.4 Å². The molecule has 1 aliphatic heterocycles. The van der Waals surface area contributed by atoms with Crippen molar-refractivity contribution in [2.45, 2.75) is 68.6 Å². The van der Waals surface area contributed by atoms with E-state index in [1.165, 1.54) is 43.5 Å². The van der Waals surface area contributed by atoms with Crippen LogP contribution in [0, 0.1) is 6.92 Å². The van der Waals surface area contributed by atoms with Gasteiger partial charge in [-0.2, -0.15) is 21.6 Å². The van der Waals surface area contributed by atoms with Crippen LogP contribution in [0.15, 0.2) is 53.4 Å². The third-order valence-corrected chi connectivity index (χ3v) is 7.77. The summed E-state index contributed by atoms with van der Waals surface area (Å²) in [6, 6.07) is 11.0. The van der Waals surface area contributed by atoms with Crippen LogP contribution >= 0.6 is 0 Å². The number of carbonyl (C=O) groups excluding carboxylic acids is 1. The first-order valence-corrected chi connectivity index (χ1v) is 13.5. The predicted molar refractivity (Wildman–Crippen MR) is 131 cm³/mol. The van der Waals surface area contributed by atoms with Crippen LogP contribution in [0.25, 0.3) is 0 Å². The molecule has 0 spiro atoms. The van der Waals surface area contributed by atoms with Gasteiger partial charge in [0, 0.05) is 24.7 Å². The topological polar surface area (TPSA) is 77.9 Å². The lowest BCUT2D eigenvalue weighted by Crippen LogP contribution is -2.53. The first-order chi connectivity index (χ1) is 16.9. The van der Waals surface area contributed by atoms with Crippen LogP contribution in [0.3, 0.4) is 0 Å². The van der Waals surface area contributed by atoms with Gasteiger partial charge >= 0.3 is 6.18 Å². The lowest BCUT2D eigenvalue weighted by atomic mass is 9.88. The van der Waals surface area contributed by atoms with E-state index in [-0.39, 0.29) is 16.8 Å². The predicted octanol–water partition coefficient (Wildman–Crippen LogP) is 5.43. The summed E-state index contributed by atoms with van der Waals surface area (Å²) < 4.78 is 67.6. The van der Waals surface area contributed by atoms with E-state index >= 15 is 0 Å². The first kappa shape index (κ1) is 28.1. The minimum atomic E-state index is -4.38. The van der Waals surface area contributed by atoms with Gasteiger partial charge < -0.3 is 4.90 Å². The van der Waals surface area contributed by atoms with E-state index < -0.39 is 21.9 Å². The summed E-state index contributed by atoms with van der Waals surface area (Å²) in [5, 5.41) is 0. The van der Waals surface area contributed by atoms with Gasteiger partial charge in [0.15, 0.2) is 0 Å². The van der Waals surface area contributed by atoms with E-state index in [1.54, 1.807) is 24.1 Å². The van der Waals surface area contributed by atoms with E-state index in [0.29, 0.717) is 11.6 Å². The fourth-order valence-corrected chi connectivity index (χ4v) is 5.39. The van der Waals surface area contributed by atoms with Crippen LogP contribution in [0.4, 0.5) is 13.2 Å². The number of likely N-dealkylation sites (tertiary alicyclic amines) is 1. The molecule has 2 atom stereocenters. The van der Waals surface area contributed by atoms with Gasteiger partial charge in [-0.15, -0.1) is 0 Å². The van der Waals surface area contributed by atoms with Crippen LogP contribution in [0.1, 0.15) is 60.0 Å². The second-order valence-corrected chi connectivity index (χ2v) is 10.9. The van der Waals surface area contributed by atoms with Crippen LogP contribution in [-0.2, 0) is 16.3 Å². The number of likely N-dealkylation sites (N-methyl/N-ethyl adjacent to an activating group) is 1. The highest BCUT2D eigenvalue weighted by Crippen LogP contribution is 2.31. The second kappa shape index (κ2) is 11.7. The van der Waals surface area contributed by atoms with E-state index in [4.69, 9.17) is 4.55 Å². The quantitative estimate of drug-likeness (QED) is 0.538.